The Bertz CT molecular complexity index is 1350. The highest BCUT2D eigenvalue weighted by Gasteiger charge is 2.38. The molecule has 172 valence electrons. The van der Waals surface area contributed by atoms with Crippen LogP contribution in [0.25, 0.3) is 11.1 Å². The van der Waals surface area contributed by atoms with Crippen LogP contribution in [0.2, 0.25) is 0 Å². The number of nitrogens with zero attached hydrogens (tertiary/aromatic N) is 4. The molecule has 2 N–H and O–H groups in total. The van der Waals surface area contributed by atoms with Crippen LogP contribution >= 0.6 is 0 Å². The monoisotopic (exact) mass is 458 g/mol. The van der Waals surface area contributed by atoms with Crippen LogP contribution in [0.1, 0.15) is 21.5 Å². The minimum Gasteiger partial charge on any atom is -0.505 e. The SMILES string of the molecule is COC1=NN(c2ccc(C)c(C)c2)C(=O)C1N=Nc1cccc(-c2cccc(C(=O)O)c2)c1O. The maximum absolute atomic E-state index is 13.0. The molecule has 9 nitrogen and oxygen atoms in total. The summed E-state index contributed by atoms with van der Waals surface area (Å²) in [6, 6.07) is 15.4. The van der Waals surface area contributed by atoms with E-state index in [4.69, 9.17) is 4.74 Å². The average Bonchev–Trinajstić information content (AvgIpc) is 3.15. The molecule has 1 amide bonds. The number of hydrogen-bond acceptors (Lipinski definition) is 7. The molecule has 0 fully saturated rings. The number of aromatic hydroxyl groups is 1. The highest BCUT2D eigenvalue weighted by atomic mass is 16.5. The third-order valence-corrected chi connectivity index (χ3v) is 5.54. The fourth-order valence-corrected chi connectivity index (χ4v) is 3.50. The molecule has 0 saturated carbocycles. The number of amides is 1. The molecule has 1 atom stereocenters. The number of carbonyl (C=O) groups excluding carboxylic acids is 1. The zero-order valence-corrected chi connectivity index (χ0v) is 18.8. The summed E-state index contributed by atoms with van der Waals surface area (Å²) in [5.41, 5.74) is 3.79. The minimum absolute atomic E-state index is 0.0804. The lowest BCUT2D eigenvalue weighted by Gasteiger charge is -2.13. The molecule has 0 aromatic heterocycles. The van der Waals surface area contributed by atoms with E-state index in [9.17, 15) is 19.8 Å². The molecule has 4 rings (SSSR count). The summed E-state index contributed by atoms with van der Waals surface area (Å²) in [4.78, 5) is 24.3. The van der Waals surface area contributed by atoms with Gasteiger partial charge in [0.1, 0.15) is 5.69 Å². The predicted molar refractivity (Wildman–Crippen MR) is 127 cm³/mol. The lowest BCUT2D eigenvalue weighted by molar-refractivity contribution is -0.118. The normalized spacial score (nSPS) is 15.6. The lowest BCUT2D eigenvalue weighted by atomic mass is 10.0. The topological polar surface area (TPSA) is 124 Å². The molecular weight excluding hydrogens is 436 g/mol. The van der Waals surface area contributed by atoms with Gasteiger partial charge in [-0.15, -0.1) is 5.10 Å². The Balaban J connectivity index is 1.63. The number of rotatable bonds is 5. The number of aromatic carboxylic acids is 1. The second-order valence-electron chi connectivity index (χ2n) is 7.74. The number of phenols is 1. The van der Waals surface area contributed by atoms with Crippen molar-refractivity contribution in [3.05, 3.63) is 77.4 Å². The number of azo groups is 1. The maximum atomic E-state index is 13.0. The Morgan fingerprint density at radius 1 is 1.06 bits per heavy atom. The number of phenolic OH excluding ortho intramolecular Hbond substituents is 1. The van der Waals surface area contributed by atoms with Gasteiger partial charge in [-0.2, -0.15) is 15.2 Å². The summed E-state index contributed by atoms with van der Waals surface area (Å²) in [6.07, 6.45) is 0. The van der Waals surface area contributed by atoms with Crippen molar-refractivity contribution in [2.24, 2.45) is 15.3 Å². The van der Waals surface area contributed by atoms with E-state index in [0.29, 0.717) is 16.8 Å². The van der Waals surface area contributed by atoms with Crippen LogP contribution in [0.3, 0.4) is 0 Å². The van der Waals surface area contributed by atoms with Crippen molar-refractivity contribution >= 4 is 29.1 Å². The number of carboxylic acids is 1. The minimum atomic E-state index is -1.11. The molecule has 0 aliphatic carbocycles. The first kappa shape index (κ1) is 22.7. The van der Waals surface area contributed by atoms with Gasteiger partial charge in [-0.3, -0.25) is 4.79 Å². The highest BCUT2D eigenvalue weighted by Crippen LogP contribution is 2.38. The third kappa shape index (κ3) is 4.23. The standard InChI is InChI=1S/C25H22N4O5/c1-14-10-11-18(12-15(14)2)29-24(31)21(23(28-29)34-3)27-26-20-9-5-8-19(22(20)30)16-6-4-7-17(13-16)25(32)33/h4-13,21,30H,1-3H3,(H,32,33). The number of methoxy groups -OCH3 is 1. The van der Waals surface area contributed by atoms with Gasteiger partial charge in [-0.25, -0.2) is 4.79 Å². The van der Waals surface area contributed by atoms with Gasteiger partial charge in [0.25, 0.3) is 5.91 Å². The van der Waals surface area contributed by atoms with E-state index in [1.165, 1.54) is 30.3 Å². The van der Waals surface area contributed by atoms with Crippen LogP contribution in [-0.2, 0) is 9.53 Å². The second-order valence-corrected chi connectivity index (χ2v) is 7.74. The number of ether oxygens (including phenoxy) is 1. The average molecular weight is 458 g/mol. The first-order valence-electron chi connectivity index (χ1n) is 10.4. The van der Waals surface area contributed by atoms with Gasteiger partial charge in [0.15, 0.2) is 5.75 Å². The number of hydrogen-bond donors (Lipinski definition) is 2. The van der Waals surface area contributed by atoms with Crippen molar-refractivity contribution in [1.29, 1.82) is 0 Å². The number of hydrazone groups is 1. The first-order chi connectivity index (χ1) is 16.3. The van der Waals surface area contributed by atoms with E-state index >= 15 is 0 Å². The smallest absolute Gasteiger partial charge is 0.335 e. The van der Waals surface area contributed by atoms with Gasteiger partial charge in [0.2, 0.25) is 11.9 Å². The summed E-state index contributed by atoms with van der Waals surface area (Å²) in [5.74, 6) is -1.62. The van der Waals surface area contributed by atoms with Gasteiger partial charge in [0.05, 0.1) is 18.4 Å². The first-order valence-corrected chi connectivity index (χ1v) is 10.4. The molecule has 0 radical (unpaired) electrons. The summed E-state index contributed by atoms with van der Waals surface area (Å²) in [7, 11) is 1.39. The molecule has 1 unspecified atom stereocenters. The number of carbonyl (C=O) groups is 2. The Morgan fingerprint density at radius 2 is 1.82 bits per heavy atom. The van der Waals surface area contributed by atoms with E-state index < -0.39 is 17.9 Å². The summed E-state index contributed by atoms with van der Waals surface area (Å²) in [5, 5.41) is 33.7. The van der Waals surface area contributed by atoms with Gasteiger partial charge < -0.3 is 14.9 Å². The number of para-hydroxylation sites is 1. The van der Waals surface area contributed by atoms with Crippen molar-refractivity contribution in [2.75, 3.05) is 12.1 Å². The molecule has 3 aromatic rings. The molecule has 0 saturated heterocycles. The van der Waals surface area contributed by atoms with E-state index in [-0.39, 0.29) is 22.9 Å². The largest absolute Gasteiger partial charge is 0.505 e. The maximum Gasteiger partial charge on any atom is 0.335 e. The molecule has 1 aliphatic heterocycles. The Kier molecular flexibility index (Phi) is 6.09. The van der Waals surface area contributed by atoms with Crippen molar-refractivity contribution in [3.63, 3.8) is 0 Å². The van der Waals surface area contributed by atoms with Crippen LogP contribution in [0.5, 0.6) is 5.75 Å². The highest BCUT2D eigenvalue weighted by molar-refractivity contribution is 6.16. The van der Waals surface area contributed by atoms with Crippen molar-refractivity contribution in [2.45, 2.75) is 19.9 Å². The molecule has 0 spiro atoms. The Morgan fingerprint density at radius 3 is 2.53 bits per heavy atom. The zero-order chi connectivity index (χ0) is 24.4. The number of benzene rings is 3. The molecular formula is C25H22N4O5. The molecule has 9 heteroatoms. The van der Waals surface area contributed by atoms with E-state index in [1.54, 1.807) is 30.3 Å². The van der Waals surface area contributed by atoms with Gasteiger partial charge in [-0.05, 0) is 60.9 Å². The van der Waals surface area contributed by atoms with Crippen LogP contribution < -0.4 is 5.01 Å². The molecule has 3 aromatic carbocycles. The Hall–Kier alpha value is -4.53. The zero-order valence-electron chi connectivity index (χ0n) is 18.8. The molecule has 0 bridgehead atoms. The van der Waals surface area contributed by atoms with Crippen LogP contribution in [0.15, 0.2) is 76.0 Å². The van der Waals surface area contributed by atoms with Crippen LogP contribution in [0, 0.1) is 13.8 Å². The summed E-state index contributed by atoms with van der Waals surface area (Å²) in [6.45, 7) is 3.92. The fourth-order valence-electron chi connectivity index (χ4n) is 3.50. The number of carboxylic acid groups (broad SMARTS) is 1. The van der Waals surface area contributed by atoms with Crippen molar-refractivity contribution < 1.29 is 24.5 Å². The summed E-state index contributed by atoms with van der Waals surface area (Å²) < 4.78 is 5.26. The third-order valence-electron chi connectivity index (χ3n) is 5.54. The fraction of sp³-hybridized carbons (Fsp3) is 0.160. The van der Waals surface area contributed by atoms with Gasteiger partial charge in [-0.1, -0.05) is 30.3 Å². The van der Waals surface area contributed by atoms with E-state index in [2.05, 4.69) is 15.3 Å². The number of anilines is 1. The van der Waals surface area contributed by atoms with E-state index in [1.807, 2.05) is 26.0 Å². The van der Waals surface area contributed by atoms with Crippen LogP contribution in [0.4, 0.5) is 11.4 Å². The van der Waals surface area contributed by atoms with Crippen molar-refractivity contribution in [1.82, 2.24) is 0 Å². The van der Waals surface area contributed by atoms with Gasteiger partial charge in [0, 0.05) is 5.56 Å². The van der Waals surface area contributed by atoms with Crippen LogP contribution in [-0.4, -0.2) is 41.1 Å². The lowest BCUT2D eigenvalue weighted by Crippen LogP contribution is -2.30. The summed E-state index contributed by atoms with van der Waals surface area (Å²) >= 11 is 0. The molecule has 1 heterocycles. The predicted octanol–water partition coefficient (Wildman–Crippen LogP) is 4.83. The number of aryl methyl sites for hydroxylation is 2. The van der Waals surface area contributed by atoms with Crippen molar-refractivity contribution in [3.8, 4) is 16.9 Å². The van der Waals surface area contributed by atoms with E-state index in [0.717, 1.165) is 11.1 Å². The molecule has 1 aliphatic rings. The Labute approximate surface area is 195 Å². The second kappa shape index (κ2) is 9.14. The van der Waals surface area contributed by atoms with Gasteiger partial charge >= 0.3 is 5.97 Å². The molecule has 34 heavy (non-hydrogen) atoms. The quantitative estimate of drug-likeness (QED) is 0.530.